The molecule has 21 heavy (non-hydrogen) atoms. The van der Waals surface area contributed by atoms with Crippen LogP contribution in [0.4, 0.5) is 10.1 Å². The molecule has 1 aliphatic heterocycles. The van der Waals surface area contributed by atoms with Crippen LogP contribution in [0.5, 0.6) is 11.5 Å². The number of halogens is 2. The number of fused-ring (bicyclic) bond motifs is 1. The maximum Gasteiger partial charge on any atom is 0.179 e. The average Bonchev–Trinajstić information content (AvgIpc) is 2.47. The molecule has 0 unspecified atom stereocenters. The van der Waals surface area contributed by atoms with Crippen LogP contribution in [0.3, 0.4) is 0 Å². The third-order valence-corrected chi connectivity index (χ3v) is 3.63. The zero-order valence-corrected chi connectivity index (χ0v) is 12.3. The van der Waals surface area contributed by atoms with Crippen LogP contribution in [0.1, 0.15) is 11.1 Å². The summed E-state index contributed by atoms with van der Waals surface area (Å²) < 4.78 is 24.8. The summed E-state index contributed by atoms with van der Waals surface area (Å²) in [5.41, 5.74) is 2.27. The van der Waals surface area contributed by atoms with Crippen LogP contribution in [-0.2, 0) is 6.54 Å². The van der Waals surface area contributed by atoms with Gasteiger partial charge in [0.1, 0.15) is 19.0 Å². The van der Waals surface area contributed by atoms with Crippen molar-refractivity contribution >= 4 is 17.3 Å². The van der Waals surface area contributed by atoms with Gasteiger partial charge in [-0.05, 0) is 36.2 Å². The maximum absolute atomic E-state index is 13.8. The highest BCUT2D eigenvalue weighted by Gasteiger charge is 2.16. The average molecular weight is 308 g/mol. The van der Waals surface area contributed by atoms with E-state index in [1.807, 2.05) is 19.1 Å². The van der Waals surface area contributed by atoms with Crippen LogP contribution in [0.2, 0.25) is 5.02 Å². The summed E-state index contributed by atoms with van der Waals surface area (Å²) in [6.07, 6.45) is 0. The van der Waals surface area contributed by atoms with Gasteiger partial charge in [0.2, 0.25) is 0 Å². The molecule has 110 valence electrons. The van der Waals surface area contributed by atoms with Gasteiger partial charge >= 0.3 is 0 Å². The fourth-order valence-electron chi connectivity index (χ4n) is 2.31. The lowest BCUT2D eigenvalue weighted by Gasteiger charge is -2.20. The molecule has 0 spiro atoms. The molecule has 0 aliphatic carbocycles. The fraction of sp³-hybridized carbons (Fsp3) is 0.250. The maximum atomic E-state index is 13.8. The van der Waals surface area contributed by atoms with Crippen molar-refractivity contribution in [3.05, 3.63) is 52.3 Å². The molecular formula is C16H15ClFNO2. The van der Waals surface area contributed by atoms with Gasteiger partial charge in [-0.25, -0.2) is 4.39 Å². The first-order chi connectivity index (χ1) is 10.1. The number of anilines is 1. The van der Waals surface area contributed by atoms with Gasteiger partial charge in [0, 0.05) is 6.54 Å². The Kier molecular flexibility index (Phi) is 3.88. The Morgan fingerprint density at radius 3 is 2.86 bits per heavy atom. The Morgan fingerprint density at radius 1 is 1.24 bits per heavy atom. The molecule has 5 heteroatoms. The molecule has 3 rings (SSSR count). The Bertz CT molecular complexity index is 655. The topological polar surface area (TPSA) is 30.5 Å². The summed E-state index contributed by atoms with van der Waals surface area (Å²) in [4.78, 5) is 0. The van der Waals surface area contributed by atoms with E-state index in [2.05, 4.69) is 5.32 Å². The van der Waals surface area contributed by atoms with Crippen molar-refractivity contribution in [1.29, 1.82) is 0 Å². The largest absolute Gasteiger partial charge is 0.486 e. The molecule has 1 heterocycles. The van der Waals surface area contributed by atoms with Gasteiger partial charge in [0.15, 0.2) is 11.5 Å². The minimum absolute atomic E-state index is 0.265. The summed E-state index contributed by atoms with van der Waals surface area (Å²) in [7, 11) is 0. The third-order valence-electron chi connectivity index (χ3n) is 3.35. The molecule has 0 radical (unpaired) electrons. The summed E-state index contributed by atoms with van der Waals surface area (Å²) in [6, 6.07) is 8.66. The van der Waals surface area contributed by atoms with Crippen LogP contribution < -0.4 is 14.8 Å². The second kappa shape index (κ2) is 5.82. The minimum atomic E-state index is -0.265. The van der Waals surface area contributed by atoms with Gasteiger partial charge in [-0.1, -0.05) is 23.7 Å². The molecule has 0 saturated carbocycles. The number of nitrogens with one attached hydrogen (secondary N) is 1. The Hall–Kier alpha value is -1.94. The smallest absolute Gasteiger partial charge is 0.179 e. The van der Waals surface area contributed by atoms with Gasteiger partial charge in [-0.3, -0.25) is 0 Å². The third kappa shape index (κ3) is 2.90. The normalized spacial score (nSPS) is 13.1. The van der Waals surface area contributed by atoms with E-state index in [0.717, 1.165) is 11.1 Å². The molecule has 2 aromatic carbocycles. The number of ether oxygens (including phenoxy) is 2. The highest BCUT2D eigenvalue weighted by Crippen LogP contribution is 2.38. The summed E-state index contributed by atoms with van der Waals surface area (Å²) in [6.45, 7) is 3.33. The molecule has 0 bridgehead atoms. The van der Waals surface area contributed by atoms with E-state index >= 15 is 0 Å². The van der Waals surface area contributed by atoms with Gasteiger partial charge in [-0.15, -0.1) is 0 Å². The molecule has 1 aliphatic rings. The van der Waals surface area contributed by atoms with E-state index in [1.165, 1.54) is 6.07 Å². The Labute approximate surface area is 127 Å². The van der Waals surface area contributed by atoms with Crippen molar-refractivity contribution in [2.75, 3.05) is 18.5 Å². The predicted octanol–water partition coefficient (Wildman–Crippen LogP) is 4.17. The van der Waals surface area contributed by atoms with Crippen LogP contribution >= 0.6 is 11.6 Å². The van der Waals surface area contributed by atoms with Crippen LogP contribution in [0.25, 0.3) is 0 Å². The predicted molar refractivity (Wildman–Crippen MR) is 80.9 cm³/mol. The Morgan fingerprint density at radius 2 is 2.05 bits per heavy atom. The number of para-hydroxylation sites is 1. The van der Waals surface area contributed by atoms with Crippen molar-refractivity contribution in [1.82, 2.24) is 0 Å². The number of benzene rings is 2. The minimum Gasteiger partial charge on any atom is -0.486 e. The molecule has 2 aromatic rings. The second-order valence-corrected chi connectivity index (χ2v) is 5.29. The van der Waals surface area contributed by atoms with Gasteiger partial charge in [0.25, 0.3) is 0 Å². The lowest BCUT2D eigenvalue weighted by molar-refractivity contribution is 0.171. The van der Waals surface area contributed by atoms with Gasteiger partial charge < -0.3 is 14.8 Å². The van der Waals surface area contributed by atoms with Gasteiger partial charge in [0.05, 0.1) is 10.7 Å². The van der Waals surface area contributed by atoms with Crippen molar-refractivity contribution in [2.45, 2.75) is 13.5 Å². The number of aryl methyl sites for hydroxylation is 1. The molecular weight excluding hydrogens is 293 g/mol. The van der Waals surface area contributed by atoms with E-state index in [4.69, 9.17) is 21.1 Å². The van der Waals surface area contributed by atoms with E-state index in [1.54, 1.807) is 12.1 Å². The quantitative estimate of drug-likeness (QED) is 0.923. The fourth-order valence-corrected chi connectivity index (χ4v) is 2.60. The summed E-state index contributed by atoms with van der Waals surface area (Å²) >= 11 is 6.18. The zero-order chi connectivity index (χ0) is 14.8. The van der Waals surface area contributed by atoms with Crippen molar-refractivity contribution in [3.8, 4) is 11.5 Å². The van der Waals surface area contributed by atoms with E-state index in [0.29, 0.717) is 42.0 Å². The first kappa shape index (κ1) is 14.0. The lowest BCUT2D eigenvalue weighted by atomic mass is 10.1. The van der Waals surface area contributed by atoms with Crippen molar-refractivity contribution < 1.29 is 13.9 Å². The second-order valence-electron chi connectivity index (χ2n) is 4.89. The number of rotatable bonds is 3. The zero-order valence-electron chi connectivity index (χ0n) is 11.6. The van der Waals surface area contributed by atoms with Crippen LogP contribution in [-0.4, -0.2) is 13.2 Å². The lowest BCUT2D eigenvalue weighted by Crippen LogP contribution is -2.16. The van der Waals surface area contributed by atoms with Crippen molar-refractivity contribution in [3.63, 3.8) is 0 Å². The summed E-state index contributed by atoms with van der Waals surface area (Å²) in [5, 5.41) is 3.61. The number of hydrogen-bond acceptors (Lipinski definition) is 3. The van der Waals surface area contributed by atoms with Crippen LogP contribution in [0, 0.1) is 12.7 Å². The molecule has 0 amide bonds. The SMILES string of the molecule is Cc1cccc(F)c1NCc1cc(Cl)c2c(c1)OCCO2. The Balaban J connectivity index is 1.81. The van der Waals surface area contributed by atoms with Gasteiger partial charge in [-0.2, -0.15) is 0 Å². The standard InChI is InChI=1S/C16H15ClFNO2/c1-10-3-2-4-13(18)15(10)19-9-11-7-12(17)16-14(8-11)20-5-6-21-16/h2-4,7-8,19H,5-6,9H2,1H3. The first-order valence-electron chi connectivity index (χ1n) is 6.72. The highest BCUT2D eigenvalue weighted by atomic mass is 35.5. The first-order valence-corrected chi connectivity index (χ1v) is 7.10. The molecule has 0 saturated heterocycles. The number of hydrogen-bond donors (Lipinski definition) is 1. The molecule has 0 fully saturated rings. The summed E-state index contributed by atoms with van der Waals surface area (Å²) in [5.74, 6) is 0.947. The molecule has 3 nitrogen and oxygen atoms in total. The van der Waals surface area contributed by atoms with E-state index in [9.17, 15) is 4.39 Å². The van der Waals surface area contributed by atoms with Crippen LogP contribution in [0.15, 0.2) is 30.3 Å². The molecule has 0 atom stereocenters. The van der Waals surface area contributed by atoms with E-state index < -0.39 is 0 Å². The van der Waals surface area contributed by atoms with E-state index in [-0.39, 0.29) is 5.82 Å². The van der Waals surface area contributed by atoms with Crippen molar-refractivity contribution in [2.24, 2.45) is 0 Å². The molecule has 1 N–H and O–H groups in total. The monoisotopic (exact) mass is 307 g/mol. The highest BCUT2D eigenvalue weighted by molar-refractivity contribution is 6.32. The molecule has 0 aromatic heterocycles.